The summed E-state index contributed by atoms with van der Waals surface area (Å²) in [5, 5.41) is 15.5. The number of hydrogen-bond donors (Lipinski definition) is 0. The van der Waals surface area contributed by atoms with E-state index in [2.05, 4.69) is 15.0 Å². The first-order valence-corrected chi connectivity index (χ1v) is 11.3. The van der Waals surface area contributed by atoms with Gasteiger partial charge in [0.25, 0.3) is 5.69 Å². The highest BCUT2D eigenvalue weighted by molar-refractivity contribution is 7.89. The van der Waals surface area contributed by atoms with E-state index in [1.54, 1.807) is 13.0 Å². The molecule has 2 aliphatic rings. The zero-order chi connectivity index (χ0) is 21.3. The van der Waals surface area contributed by atoms with Gasteiger partial charge in [-0.15, -0.1) is 0 Å². The van der Waals surface area contributed by atoms with Gasteiger partial charge >= 0.3 is 0 Å². The zero-order valence-corrected chi connectivity index (χ0v) is 17.5. The Morgan fingerprint density at radius 2 is 1.83 bits per heavy atom. The van der Waals surface area contributed by atoms with Crippen LogP contribution in [-0.2, 0) is 16.6 Å². The molecule has 0 saturated carbocycles. The first-order valence-electron chi connectivity index (χ1n) is 9.90. The zero-order valence-electron chi connectivity index (χ0n) is 16.7. The number of piperazine rings is 1. The van der Waals surface area contributed by atoms with Crippen molar-refractivity contribution in [2.75, 3.05) is 44.2 Å². The molecule has 0 N–H and O–H groups in total. The second-order valence-corrected chi connectivity index (χ2v) is 9.46. The van der Waals surface area contributed by atoms with Crippen LogP contribution in [0.25, 0.3) is 0 Å². The van der Waals surface area contributed by atoms with E-state index in [9.17, 15) is 18.5 Å². The number of benzene rings is 1. The normalized spacial score (nSPS) is 18.8. The highest BCUT2D eigenvalue weighted by atomic mass is 32.2. The topological polar surface area (TPSA) is 126 Å². The Kier molecular flexibility index (Phi) is 5.71. The second-order valence-electron chi connectivity index (χ2n) is 7.52. The monoisotopic (exact) mass is 436 g/mol. The molecule has 1 aromatic carbocycles. The summed E-state index contributed by atoms with van der Waals surface area (Å²) in [5.74, 6) is 1.13. The predicted octanol–water partition coefficient (Wildman–Crippen LogP) is 1.39. The third kappa shape index (κ3) is 4.16. The maximum atomic E-state index is 12.8. The summed E-state index contributed by atoms with van der Waals surface area (Å²) in [4.78, 5) is 19.4. The van der Waals surface area contributed by atoms with Crippen molar-refractivity contribution in [1.82, 2.24) is 19.3 Å². The lowest BCUT2D eigenvalue weighted by Crippen LogP contribution is -2.46. The number of nitrogens with zero attached hydrogens (tertiary/aromatic N) is 6. The molecule has 3 heterocycles. The van der Waals surface area contributed by atoms with Gasteiger partial charge in [0.15, 0.2) is 5.82 Å². The van der Waals surface area contributed by atoms with Gasteiger partial charge in [-0.25, -0.2) is 8.42 Å². The molecule has 0 atom stereocenters. The number of rotatable bonds is 6. The van der Waals surface area contributed by atoms with Crippen molar-refractivity contribution < 1.29 is 17.9 Å². The average molecular weight is 436 g/mol. The second kappa shape index (κ2) is 8.28. The number of nitro groups is 1. The molecule has 2 aliphatic heterocycles. The summed E-state index contributed by atoms with van der Waals surface area (Å²) in [6.07, 6.45) is 1.62. The van der Waals surface area contributed by atoms with E-state index in [1.807, 2.05) is 4.90 Å². The molecule has 0 unspecified atom stereocenters. The van der Waals surface area contributed by atoms with Gasteiger partial charge < -0.3 is 9.42 Å². The minimum atomic E-state index is -3.70. The molecule has 30 heavy (non-hydrogen) atoms. The summed E-state index contributed by atoms with van der Waals surface area (Å²) in [6.45, 7) is 5.71. The maximum Gasteiger partial charge on any atom is 0.293 e. The molecule has 4 rings (SSSR count). The first kappa shape index (κ1) is 20.7. The molecule has 0 bridgehead atoms. The summed E-state index contributed by atoms with van der Waals surface area (Å²) < 4.78 is 32.1. The minimum absolute atomic E-state index is 0.0229. The molecule has 0 spiro atoms. The molecule has 1 aromatic heterocycles. The fourth-order valence-corrected chi connectivity index (χ4v) is 5.43. The van der Waals surface area contributed by atoms with Crippen molar-refractivity contribution in [2.45, 2.75) is 31.2 Å². The van der Waals surface area contributed by atoms with E-state index >= 15 is 0 Å². The van der Waals surface area contributed by atoms with Crippen LogP contribution < -0.4 is 4.90 Å². The van der Waals surface area contributed by atoms with Crippen LogP contribution >= 0.6 is 0 Å². The van der Waals surface area contributed by atoms with Gasteiger partial charge in [0.1, 0.15) is 5.69 Å². The van der Waals surface area contributed by atoms with Crippen LogP contribution in [-0.4, -0.2) is 72.0 Å². The predicted molar refractivity (Wildman–Crippen MR) is 108 cm³/mol. The Morgan fingerprint density at radius 1 is 1.13 bits per heavy atom. The van der Waals surface area contributed by atoms with E-state index in [4.69, 9.17) is 4.52 Å². The van der Waals surface area contributed by atoms with Crippen molar-refractivity contribution in [3.8, 4) is 0 Å². The quantitative estimate of drug-likeness (QED) is 0.488. The lowest BCUT2D eigenvalue weighted by Gasteiger charge is -2.35. The Hall–Kier alpha value is -2.57. The Morgan fingerprint density at radius 3 is 2.43 bits per heavy atom. The van der Waals surface area contributed by atoms with E-state index < -0.39 is 14.9 Å². The van der Waals surface area contributed by atoms with Gasteiger partial charge in [-0.1, -0.05) is 5.16 Å². The van der Waals surface area contributed by atoms with Gasteiger partial charge in [-0.05, 0) is 31.9 Å². The van der Waals surface area contributed by atoms with Gasteiger partial charge in [-0.3, -0.25) is 15.0 Å². The summed E-state index contributed by atoms with van der Waals surface area (Å²) in [5.41, 5.74) is 0.255. The van der Waals surface area contributed by atoms with E-state index in [1.165, 1.54) is 16.4 Å². The molecule has 0 amide bonds. The van der Waals surface area contributed by atoms with Crippen LogP contribution in [0.3, 0.4) is 0 Å². The highest BCUT2D eigenvalue weighted by Gasteiger charge is 2.31. The maximum absolute atomic E-state index is 12.8. The van der Waals surface area contributed by atoms with Crippen molar-refractivity contribution in [1.29, 1.82) is 0 Å². The van der Waals surface area contributed by atoms with Crippen LogP contribution in [0, 0.1) is 17.0 Å². The number of nitro benzene ring substituents is 1. The van der Waals surface area contributed by atoms with Gasteiger partial charge in [0.05, 0.1) is 16.4 Å². The fourth-order valence-electron chi connectivity index (χ4n) is 3.90. The number of hydrogen-bond acceptors (Lipinski definition) is 9. The van der Waals surface area contributed by atoms with Crippen molar-refractivity contribution in [3.05, 3.63) is 40.0 Å². The lowest BCUT2D eigenvalue weighted by molar-refractivity contribution is -0.384. The van der Waals surface area contributed by atoms with Gasteiger partial charge in [0, 0.05) is 45.3 Å². The van der Waals surface area contributed by atoms with Crippen molar-refractivity contribution >= 4 is 21.4 Å². The standard InChI is InChI=1S/C18H24N6O5S/c1-14-19-18(29-20-14)13-21-8-10-22(11-9-21)16-5-4-15(12-17(16)24(25)26)30(27,28)23-6-2-3-7-23/h4-5,12H,2-3,6-11,13H2,1H3. The Balaban J connectivity index is 1.49. The van der Waals surface area contributed by atoms with Crippen LogP contribution in [0.1, 0.15) is 24.6 Å². The van der Waals surface area contributed by atoms with Crippen LogP contribution in [0.5, 0.6) is 0 Å². The van der Waals surface area contributed by atoms with Crippen LogP contribution in [0.2, 0.25) is 0 Å². The molecular weight excluding hydrogens is 412 g/mol. The molecule has 2 saturated heterocycles. The van der Waals surface area contributed by atoms with Crippen molar-refractivity contribution in [3.63, 3.8) is 0 Å². The number of anilines is 1. The molecular formula is C18H24N6O5S. The van der Waals surface area contributed by atoms with Gasteiger partial charge in [0.2, 0.25) is 15.9 Å². The Bertz CT molecular complexity index is 1030. The molecule has 0 radical (unpaired) electrons. The first-order chi connectivity index (χ1) is 14.3. The lowest BCUT2D eigenvalue weighted by atomic mass is 10.2. The molecule has 12 heteroatoms. The molecule has 11 nitrogen and oxygen atoms in total. The summed E-state index contributed by atoms with van der Waals surface area (Å²) in [7, 11) is -3.70. The highest BCUT2D eigenvalue weighted by Crippen LogP contribution is 2.33. The summed E-state index contributed by atoms with van der Waals surface area (Å²) in [6, 6.07) is 4.22. The smallest absolute Gasteiger partial charge is 0.293 e. The summed E-state index contributed by atoms with van der Waals surface area (Å²) >= 11 is 0. The minimum Gasteiger partial charge on any atom is -0.363 e. The van der Waals surface area contributed by atoms with Gasteiger partial charge in [-0.2, -0.15) is 9.29 Å². The van der Waals surface area contributed by atoms with E-state index in [0.717, 1.165) is 12.8 Å². The van der Waals surface area contributed by atoms with Crippen molar-refractivity contribution in [2.24, 2.45) is 0 Å². The largest absolute Gasteiger partial charge is 0.363 e. The SMILES string of the molecule is Cc1noc(CN2CCN(c3ccc(S(=O)(=O)N4CCCC4)cc3[N+](=O)[O-])CC2)n1. The fraction of sp³-hybridized carbons (Fsp3) is 0.556. The number of aromatic nitrogens is 2. The number of sulfonamides is 1. The number of aryl methyl sites for hydroxylation is 1. The third-order valence-corrected chi connectivity index (χ3v) is 7.38. The molecule has 2 fully saturated rings. The molecule has 0 aliphatic carbocycles. The third-order valence-electron chi connectivity index (χ3n) is 5.49. The Labute approximate surface area is 174 Å². The van der Waals surface area contributed by atoms with Crippen LogP contribution in [0.15, 0.2) is 27.6 Å². The van der Waals surface area contributed by atoms with Crippen LogP contribution in [0.4, 0.5) is 11.4 Å². The molecule has 162 valence electrons. The van der Waals surface area contributed by atoms with E-state index in [0.29, 0.717) is 63.2 Å². The average Bonchev–Trinajstić information content (AvgIpc) is 3.40. The molecule has 2 aromatic rings. The van der Waals surface area contributed by atoms with E-state index in [-0.39, 0.29) is 10.6 Å².